The van der Waals surface area contributed by atoms with Crippen molar-refractivity contribution in [3.05, 3.63) is 23.8 Å². The molecule has 0 atom stereocenters. The van der Waals surface area contributed by atoms with Crippen molar-refractivity contribution in [1.29, 1.82) is 0 Å². The van der Waals surface area contributed by atoms with Crippen molar-refractivity contribution in [2.75, 3.05) is 17.3 Å². The van der Waals surface area contributed by atoms with Crippen molar-refractivity contribution in [2.45, 2.75) is 6.42 Å². The average Bonchev–Trinajstić information content (AvgIpc) is 2.17. The molecule has 0 radical (unpaired) electrons. The van der Waals surface area contributed by atoms with E-state index in [0.29, 0.717) is 0 Å². The van der Waals surface area contributed by atoms with Crippen LogP contribution in [0, 0.1) is 0 Å². The Morgan fingerprint density at radius 2 is 2.36 bits per heavy atom. The highest BCUT2D eigenvalue weighted by Gasteiger charge is 2.15. The highest BCUT2D eigenvalue weighted by Crippen LogP contribution is 2.28. The number of nitrogens with one attached hydrogen (secondary N) is 1. The van der Waals surface area contributed by atoms with Gasteiger partial charge < -0.3 is 10.1 Å². The molecule has 4 heteroatoms. The second-order valence-corrected chi connectivity index (χ2v) is 3.90. The number of hydrogen-bond acceptors (Lipinski definition) is 2. The molecule has 2 rings (SSSR count). The molecule has 1 aliphatic rings. The summed E-state index contributed by atoms with van der Waals surface area (Å²) in [7, 11) is 0. The van der Waals surface area contributed by atoms with Gasteiger partial charge in [0.15, 0.2) is 6.61 Å². The average molecular weight is 256 g/mol. The van der Waals surface area contributed by atoms with E-state index < -0.39 is 0 Å². The number of halogens is 1. The van der Waals surface area contributed by atoms with Crippen LogP contribution in [-0.2, 0) is 11.2 Å². The molecule has 0 fully saturated rings. The summed E-state index contributed by atoms with van der Waals surface area (Å²) in [6, 6.07) is 5.86. The monoisotopic (exact) mass is 255 g/mol. The number of fused-ring (bicyclic) bond motifs is 1. The molecule has 1 aliphatic heterocycles. The van der Waals surface area contributed by atoms with E-state index in [1.165, 1.54) is 5.56 Å². The smallest absolute Gasteiger partial charge is 0.262 e. The lowest BCUT2D eigenvalue weighted by atomic mass is 10.1. The van der Waals surface area contributed by atoms with Crippen molar-refractivity contribution < 1.29 is 9.53 Å². The summed E-state index contributed by atoms with van der Waals surface area (Å²) in [5.41, 5.74) is 1.96. The summed E-state index contributed by atoms with van der Waals surface area (Å²) < 4.78 is 5.25. The zero-order chi connectivity index (χ0) is 9.97. The summed E-state index contributed by atoms with van der Waals surface area (Å²) in [5.74, 6) is 0.663. The molecule has 0 aromatic heterocycles. The number of amides is 1. The molecule has 0 spiro atoms. The van der Waals surface area contributed by atoms with Crippen molar-refractivity contribution in [3.63, 3.8) is 0 Å². The van der Waals surface area contributed by atoms with Gasteiger partial charge in [0, 0.05) is 5.33 Å². The predicted octanol–water partition coefficient (Wildman–Crippen LogP) is 1.95. The van der Waals surface area contributed by atoms with Crippen LogP contribution in [0.2, 0.25) is 0 Å². The Balaban J connectivity index is 2.28. The van der Waals surface area contributed by atoms with E-state index in [1.807, 2.05) is 18.2 Å². The van der Waals surface area contributed by atoms with Crippen LogP contribution in [0.3, 0.4) is 0 Å². The van der Waals surface area contributed by atoms with Crippen molar-refractivity contribution in [1.82, 2.24) is 0 Å². The zero-order valence-electron chi connectivity index (χ0n) is 7.55. The molecule has 0 saturated heterocycles. The van der Waals surface area contributed by atoms with Crippen molar-refractivity contribution in [2.24, 2.45) is 0 Å². The van der Waals surface area contributed by atoms with Gasteiger partial charge in [0.1, 0.15) is 5.75 Å². The second kappa shape index (κ2) is 4.00. The minimum atomic E-state index is -0.0894. The lowest BCUT2D eigenvalue weighted by molar-refractivity contribution is -0.118. The number of rotatable bonds is 2. The summed E-state index contributed by atoms with van der Waals surface area (Å²) in [6.45, 7) is 0.116. The van der Waals surface area contributed by atoms with E-state index >= 15 is 0 Å². The van der Waals surface area contributed by atoms with Crippen LogP contribution < -0.4 is 10.1 Å². The molecule has 1 heterocycles. The summed E-state index contributed by atoms with van der Waals surface area (Å²) in [5, 5.41) is 3.70. The van der Waals surface area contributed by atoms with Crippen LogP contribution >= 0.6 is 15.9 Å². The van der Waals surface area contributed by atoms with Crippen LogP contribution in [-0.4, -0.2) is 17.8 Å². The Morgan fingerprint density at radius 3 is 3.14 bits per heavy atom. The first-order valence-electron chi connectivity index (χ1n) is 4.41. The molecule has 74 valence electrons. The molecule has 0 bridgehead atoms. The van der Waals surface area contributed by atoms with E-state index in [0.717, 1.165) is 23.2 Å². The Bertz CT molecular complexity index is 365. The van der Waals surface area contributed by atoms with Gasteiger partial charge in [-0.25, -0.2) is 0 Å². The van der Waals surface area contributed by atoms with E-state index in [9.17, 15) is 4.79 Å². The van der Waals surface area contributed by atoms with Crippen LogP contribution in [0.1, 0.15) is 5.56 Å². The quantitative estimate of drug-likeness (QED) is 0.821. The van der Waals surface area contributed by atoms with Crippen LogP contribution in [0.15, 0.2) is 18.2 Å². The Labute approximate surface area is 90.6 Å². The molecule has 1 amide bonds. The van der Waals surface area contributed by atoms with Crippen molar-refractivity contribution >= 4 is 27.5 Å². The van der Waals surface area contributed by atoms with Gasteiger partial charge in [-0.3, -0.25) is 4.79 Å². The molecule has 1 aromatic rings. The first kappa shape index (κ1) is 9.52. The van der Waals surface area contributed by atoms with Gasteiger partial charge in [-0.2, -0.15) is 0 Å². The molecule has 3 nitrogen and oxygen atoms in total. The van der Waals surface area contributed by atoms with Gasteiger partial charge in [0.05, 0.1) is 5.69 Å². The lowest BCUT2D eigenvalue weighted by Gasteiger charge is -2.18. The molecule has 1 N–H and O–H groups in total. The third-order valence-electron chi connectivity index (χ3n) is 2.06. The number of ether oxygens (including phenoxy) is 1. The molecule has 14 heavy (non-hydrogen) atoms. The third-order valence-corrected chi connectivity index (χ3v) is 2.46. The van der Waals surface area contributed by atoms with Crippen LogP contribution in [0.25, 0.3) is 0 Å². The molecular weight excluding hydrogens is 246 g/mol. The van der Waals surface area contributed by atoms with E-state index in [4.69, 9.17) is 4.74 Å². The Hall–Kier alpha value is -1.03. The van der Waals surface area contributed by atoms with Crippen molar-refractivity contribution in [3.8, 4) is 5.75 Å². The fourth-order valence-electron chi connectivity index (χ4n) is 1.39. The number of alkyl halides is 1. The SMILES string of the molecule is O=C1COc2ccc(CCBr)cc2N1. The summed E-state index contributed by atoms with van der Waals surface area (Å²) >= 11 is 3.38. The summed E-state index contributed by atoms with van der Waals surface area (Å²) in [6.07, 6.45) is 0.948. The van der Waals surface area contributed by atoms with Crippen LogP contribution in [0.5, 0.6) is 5.75 Å². The Morgan fingerprint density at radius 1 is 1.50 bits per heavy atom. The number of aryl methyl sites for hydroxylation is 1. The molecule has 0 aliphatic carbocycles. The van der Waals surface area contributed by atoms with Gasteiger partial charge in [-0.05, 0) is 24.1 Å². The minimum absolute atomic E-state index is 0.0894. The number of carbonyl (C=O) groups is 1. The van der Waals surface area contributed by atoms with E-state index in [2.05, 4.69) is 21.2 Å². The number of benzene rings is 1. The zero-order valence-corrected chi connectivity index (χ0v) is 9.13. The standard InChI is InChI=1S/C10H10BrNO2/c11-4-3-7-1-2-9-8(5-7)12-10(13)6-14-9/h1-2,5H,3-4,6H2,(H,12,13). The largest absolute Gasteiger partial charge is 0.482 e. The van der Waals surface area contributed by atoms with Crippen LogP contribution in [0.4, 0.5) is 5.69 Å². The maximum absolute atomic E-state index is 11.0. The molecule has 0 unspecified atom stereocenters. The predicted molar refractivity (Wildman–Crippen MR) is 58.1 cm³/mol. The summed E-state index contributed by atoms with van der Waals surface area (Å²) in [4.78, 5) is 11.0. The highest BCUT2D eigenvalue weighted by atomic mass is 79.9. The molecule has 1 aromatic carbocycles. The normalized spacial score (nSPS) is 14.2. The second-order valence-electron chi connectivity index (χ2n) is 3.11. The topological polar surface area (TPSA) is 38.3 Å². The van der Waals surface area contributed by atoms with E-state index in [-0.39, 0.29) is 12.5 Å². The first-order valence-corrected chi connectivity index (χ1v) is 5.53. The third kappa shape index (κ3) is 1.90. The van der Waals surface area contributed by atoms with Gasteiger partial charge in [0.2, 0.25) is 0 Å². The fourth-order valence-corrected chi connectivity index (χ4v) is 1.85. The minimum Gasteiger partial charge on any atom is -0.482 e. The molecular formula is C10H10BrNO2. The molecule has 0 saturated carbocycles. The first-order chi connectivity index (χ1) is 6.79. The maximum Gasteiger partial charge on any atom is 0.262 e. The maximum atomic E-state index is 11.0. The van der Waals surface area contributed by atoms with Gasteiger partial charge >= 0.3 is 0 Å². The lowest BCUT2D eigenvalue weighted by Crippen LogP contribution is -2.25. The fraction of sp³-hybridized carbons (Fsp3) is 0.300. The van der Waals surface area contributed by atoms with E-state index in [1.54, 1.807) is 0 Å². The van der Waals surface area contributed by atoms with Gasteiger partial charge in [0.25, 0.3) is 5.91 Å². The number of anilines is 1. The Kier molecular flexibility index (Phi) is 2.72. The van der Waals surface area contributed by atoms with Gasteiger partial charge in [-0.15, -0.1) is 0 Å². The highest BCUT2D eigenvalue weighted by molar-refractivity contribution is 9.09. The number of carbonyl (C=O) groups excluding carboxylic acids is 1. The number of hydrogen-bond donors (Lipinski definition) is 1. The van der Waals surface area contributed by atoms with Gasteiger partial charge in [-0.1, -0.05) is 22.0 Å².